The molecular weight excluding hydrogens is 254 g/mol. The lowest BCUT2D eigenvalue weighted by molar-refractivity contribution is 0.272. The average molecular weight is 275 g/mol. The van der Waals surface area contributed by atoms with E-state index in [1.807, 2.05) is 0 Å². The summed E-state index contributed by atoms with van der Waals surface area (Å²) in [5.41, 5.74) is 0.0333. The first-order chi connectivity index (χ1) is 7.97. The van der Waals surface area contributed by atoms with Gasteiger partial charge in [-0.05, 0) is 18.4 Å². The Kier molecular flexibility index (Phi) is 5.69. The van der Waals surface area contributed by atoms with E-state index in [1.165, 1.54) is 0 Å². The molecular formula is C11H21N3OS2. The molecule has 98 valence electrons. The highest BCUT2D eigenvalue weighted by atomic mass is 32.2. The number of thioether (sulfide) groups is 1. The van der Waals surface area contributed by atoms with Crippen LogP contribution >= 0.6 is 23.1 Å². The van der Waals surface area contributed by atoms with Crippen LogP contribution in [0.3, 0.4) is 0 Å². The number of hydrogen-bond acceptors (Lipinski definition) is 6. The number of rotatable bonds is 6. The topological polar surface area (TPSA) is 58.0 Å². The standard InChI is InChI=1S/C11H21N3OS2/c1-11(2,3)9-13-14-10(17-9)12-8(7-15)5-6-16-4/h8,15H,5-7H2,1-4H3,(H,12,14). The fraction of sp³-hybridized carbons (Fsp3) is 0.818. The molecule has 0 saturated carbocycles. The summed E-state index contributed by atoms with van der Waals surface area (Å²) in [5.74, 6) is 1.03. The number of aliphatic hydroxyl groups excluding tert-OH is 1. The van der Waals surface area contributed by atoms with Crippen molar-refractivity contribution in [3.63, 3.8) is 0 Å². The molecule has 2 N–H and O–H groups in total. The van der Waals surface area contributed by atoms with Gasteiger partial charge in [0.05, 0.1) is 12.6 Å². The van der Waals surface area contributed by atoms with Gasteiger partial charge in [0.15, 0.2) is 0 Å². The summed E-state index contributed by atoms with van der Waals surface area (Å²) in [7, 11) is 0. The largest absolute Gasteiger partial charge is 0.394 e. The second-order valence-electron chi connectivity index (χ2n) is 4.97. The van der Waals surface area contributed by atoms with E-state index in [0.717, 1.165) is 22.3 Å². The Hall–Kier alpha value is -0.330. The molecule has 0 spiro atoms. The van der Waals surface area contributed by atoms with Crippen molar-refractivity contribution in [1.82, 2.24) is 10.2 Å². The van der Waals surface area contributed by atoms with Crippen LogP contribution in [-0.2, 0) is 5.41 Å². The first-order valence-electron chi connectivity index (χ1n) is 5.67. The second-order valence-corrected chi connectivity index (χ2v) is 6.93. The van der Waals surface area contributed by atoms with Crippen molar-refractivity contribution in [2.75, 3.05) is 23.9 Å². The van der Waals surface area contributed by atoms with Gasteiger partial charge in [-0.1, -0.05) is 32.1 Å². The van der Waals surface area contributed by atoms with Gasteiger partial charge in [0, 0.05) is 5.41 Å². The molecule has 0 bridgehead atoms. The molecule has 1 aromatic rings. The Balaban J connectivity index is 2.58. The van der Waals surface area contributed by atoms with Crippen LogP contribution in [0.4, 0.5) is 5.13 Å². The van der Waals surface area contributed by atoms with E-state index in [-0.39, 0.29) is 18.1 Å². The van der Waals surface area contributed by atoms with E-state index in [1.54, 1.807) is 23.1 Å². The summed E-state index contributed by atoms with van der Waals surface area (Å²) < 4.78 is 0. The normalized spacial score (nSPS) is 13.7. The van der Waals surface area contributed by atoms with Gasteiger partial charge >= 0.3 is 0 Å². The van der Waals surface area contributed by atoms with Gasteiger partial charge in [0.1, 0.15) is 5.01 Å². The summed E-state index contributed by atoms with van der Waals surface area (Å²) in [4.78, 5) is 0. The Bertz CT molecular complexity index is 336. The molecule has 0 aliphatic heterocycles. The Labute approximate surface area is 111 Å². The van der Waals surface area contributed by atoms with Gasteiger partial charge in [0.25, 0.3) is 0 Å². The molecule has 1 unspecified atom stereocenters. The van der Waals surface area contributed by atoms with E-state index in [2.05, 4.69) is 42.5 Å². The molecule has 6 heteroatoms. The van der Waals surface area contributed by atoms with Crippen LogP contribution in [0.5, 0.6) is 0 Å². The van der Waals surface area contributed by atoms with E-state index in [9.17, 15) is 5.11 Å². The quantitative estimate of drug-likeness (QED) is 0.834. The third-order valence-corrected chi connectivity index (χ3v) is 4.21. The highest BCUT2D eigenvalue weighted by molar-refractivity contribution is 7.98. The van der Waals surface area contributed by atoms with Crippen LogP contribution in [-0.4, -0.2) is 40.0 Å². The highest BCUT2D eigenvalue weighted by Gasteiger charge is 2.20. The SMILES string of the molecule is CSCCC(CO)Nc1nnc(C(C)(C)C)s1. The molecule has 4 nitrogen and oxygen atoms in total. The van der Waals surface area contributed by atoms with Gasteiger partial charge in [0.2, 0.25) is 5.13 Å². The molecule has 0 fully saturated rings. The summed E-state index contributed by atoms with van der Waals surface area (Å²) in [6.45, 7) is 6.49. The summed E-state index contributed by atoms with van der Waals surface area (Å²) in [5, 5.41) is 22.6. The maximum absolute atomic E-state index is 9.27. The van der Waals surface area contributed by atoms with Crippen molar-refractivity contribution in [2.24, 2.45) is 0 Å². The van der Waals surface area contributed by atoms with Crippen LogP contribution < -0.4 is 5.32 Å². The van der Waals surface area contributed by atoms with Crippen molar-refractivity contribution >= 4 is 28.2 Å². The minimum Gasteiger partial charge on any atom is -0.394 e. The average Bonchev–Trinajstić information content (AvgIpc) is 2.72. The second kappa shape index (κ2) is 6.56. The summed E-state index contributed by atoms with van der Waals surface area (Å²) in [6, 6.07) is 0.0724. The van der Waals surface area contributed by atoms with Crippen LogP contribution in [0.2, 0.25) is 0 Å². The Morgan fingerprint density at radius 3 is 2.59 bits per heavy atom. The minimum atomic E-state index is 0.0333. The van der Waals surface area contributed by atoms with Crippen LogP contribution in [0.15, 0.2) is 0 Å². The molecule has 0 aromatic carbocycles. The minimum absolute atomic E-state index is 0.0333. The van der Waals surface area contributed by atoms with Crippen molar-refractivity contribution in [1.29, 1.82) is 0 Å². The monoisotopic (exact) mass is 275 g/mol. The lowest BCUT2D eigenvalue weighted by Crippen LogP contribution is -2.24. The third-order valence-electron chi connectivity index (χ3n) is 2.29. The van der Waals surface area contributed by atoms with Gasteiger partial charge in [-0.2, -0.15) is 11.8 Å². The zero-order valence-electron chi connectivity index (χ0n) is 10.9. The van der Waals surface area contributed by atoms with E-state index in [4.69, 9.17) is 0 Å². The maximum atomic E-state index is 9.27. The molecule has 0 aliphatic carbocycles. The van der Waals surface area contributed by atoms with E-state index in [0.29, 0.717) is 0 Å². The maximum Gasteiger partial charge on any atom is 0.205 e. The molecule has 1 aromatic heterocycles. The molecule has 1 heterocycles. The van der Waals surface area contributed by atoms with Crippen molar-refractivity contribution in [3.05, 3.63) is 5.01 Å². The number of aliphatic hydroxyl groups is 1. The van der Waals surface area contributed by atoms with E-state index < -0.39 is 0 Å². The van der Waals surface area contributed by atoms with Crippen molar-refractivity contribution in [2.45, 2.75) is 38.6 Å². The molecule has 0 saturated heterocycles. The number of anilines is 1. The van der Waals surface area contributed by atoms with Crippen LogP contribution in [0.25, 0.3) is 0 Å². The number of nitrogens with zero attached hydrogens (tertiary/aromatic N) is 2. The summed E-state index contributed by atoms with van der Waals surface area (Å²) >= 11 is 3.35. The highest BCUT2D eigenvalue weighted by Crippen LogP contribution is 2.28. The van der Waals surface area contributed by atoms with Crippen molar-refractivity contribution in [3.8, 4) is 0 Å². The zero-order valence-corrected chi connectivity index (χ0v) is 12.5. The molecule has 1 rings (SSSR count). The first kappa shape index (κ1) is 14.7. The fourth-order valence-corrected chi connectivity index (χ4v) is 2.63. The van der Waals surface area contributed by atoms with Crippen molar-refractivity contribution < 1.29 is 5.11 Å². The smallest absolute Gasteiger partial charge is 0.205 e. The van der Waals surface area contributed by atoms with Gasteiger partial charge in [-0.15, -0.1) is 10.2 Å². The zero-order chi connectivity index (χ0) is 12.9. The van der Waals surface area contributed by atoms with Gasteiger partial charge in [-0.3, -0.25) is 0 Å². The Morgan fingerprint density at radius 2 is 2.12 bits per heavy atom. The number of aromatic nitrogens is 2. The van der Waals surface area contributed by atoms with Gasteiger partial charge < -0.3 is 10.4 Å². The first-order valence-corrected chi connectivity index (χ1v) is 7.88. The predicted octanol–water partition coefficient (Wildman–Crippen LogP) is 2.36. The molecule has 17 heavy (non-hydrogen) atoms. The predicted molar refractivity (Wildman–Crippen MR) is 76.1 cm³/mol. The molecule has 0 aliphatic rings. The lowest BCUT2D eigenvalue weighted by atomic mass is 9.98. The number of hydrogen-bond donors (Lipinski definition) is 2. The van der Waals surface area contributed by atoms with Crippen LogP contribution in [0.1, 0.15) is 32.2 Å². The summed E-state index contributed by atoms with van der Waals surface area (Å²) in [6.07, 6.45) is 3.00. The third kappa shape index (κ3) is 4.81. The van der Waals surface area contributed by atoms with E-state index >= 15 is 0 Å². The van der Waals surface area contributed by atoms with Crippen LogP contribution in [0, 0.1) is 0 Å². The van der Waals surface area contributed by atoms with Gasteiger partial charge in [-0.25, -0.2) is 0 Å². The molecule has 0 radical (unpaired) electrons. The molecule has 0 amide bonds. The molecule has 1 atom stereocenters. The number of nitrogens with one attached hydrogen (secondary N) is 1. The Morgan fingerprint density at radius 1 is 1.41 bits per heavy atom. The fourth-order valence-electron chi connectivity index (χ4n) is 1.23. The lowest BCUT2D eigenvalue weighted by Gasteiger charge is -2.14.